The third-order valence-corrected chi connectivity index (χ3v) is 4.49. The van der Waals surface area contributed by atoms with Crippen molar-refractivity contribution >= 4 is 27.5 Å². The zero-order chi connectivity index (χ0) is 19.2. The number of carbonyl (C=O) groups excluding carboxylic acids is 1. The van der Waals surface area contributed by atoms with Crippen LogP contribution in [0, 0.1) is 0 Å². The average molecular weight is 427 g/mol. The normalized spacial score (nSPS) is 11.3. The van der Waals surface area contributed by atoms with Gasteiger partial charge in [-0.05, 0) is 60.5 Å². The van der Waals surface area contributed by atoms with Crippen molar-refractivity contribution in [1.82, 2.24) is 15.2 Å². The molecule has 2 aromatic carbocycles. The molecule has 138 valence electrons. The van der Waals surface area contributed by atoms with Crippen molar-refractivity contribution in [3.63, 3.8) is 0 Å². The molecule has 0 aliphatic rings. The predicted octanol–water partition coefficient (Wildman–Crippen LogP) is 3.86. The minimum Gasteiger partial charge on any atom is -0.497 e. The number of aromatic nitrogens is 2. The minimum absolute atomic E-state index is 0.318. The Morgan fingerprint density at radius 2 is 1.85 bits per heavy atom. The van der Waals surface area contributed by atoms with Gasteiger partial charge in [0.05, 0.1) is 19.4 Å². The van der Waals surface area contributed by atoms with Crippen LogP contribution in [0.5, 0.6) is 5.75 Å². The molecule has 1 N–H and O–H groups in total. The number of ether oxygens (including phenoxy) is 1. The first-order chi connectivity index (χ1) is 13.0. The first kappa shape index (κ1) is 18.8. The molecule has 0 aliphatic heterocycles. The smallest absolute Gasteiger partial charge is 0.291 e. The fourth-order valence-corrected chi connectivity index (χ4v) is 2.70. The topological polar surface area (TPSA) is 68.5 Å². The Morgan fingerprint density at radius 3 is 2.52 bits per heavy atom. The van der Waals surface area contributed by atoms with E-state index in [9.17, 15) is 4.79 Å². The van der Waals surface area contributed by atoms with E-state index in [4.69, 9.17) is 4.74 Å². The molecule has 27 heavy (non-hydrogen) atoms. The van der Waals surface area contributed by atoms with Crippen LogP contribution in [0.3, 0.4) is 0 Å². The van der Waals surface area contributed by atoms with Crippen LogP contribution in [0.1, 0.15) is 28.5 Å². The summed E-state index contributed by atoms with van der Waals surface area (Å²) in [5.41, 5.74) is 5.56. The number of rotatable bonds is 6. The molecule has 0 bridgehead atoms. The molecule has 0 unspecified atom stereocenters. The Labute approximate surface area is 166 Å². The Hall–Kier alpha value is -2.93. The lowest BCUT2D eigenvalue weighted by Gasteiger charge is -2.04. The number of benzene rings is 2. The molecule has 3 rings (SSSR count). The third kappa shape index (κ3) is 5.04. The van der Waals surface area contributed by atoms with E-state index in [0.29, 0.717) is 18.0 Å². The van der Waals surface area contributed by atoms with Crippen LogP contribution in [-0.4, -0.2) is 28.5 Å². The second kappa shape index (κ2) is 8.64. The molecular weight excluding hydrogens is 408 g/mol. The Balaban J connectivity index is 1.62. The second-order valence-corrected chi connectivity index (χ2v) is 6.81. The number of nitrogens with zero attached hydrogens (tertiary/aromatic N) is 3. The van der Waals surface area contributed by atoms with E-state index in [1.807, 2.05) is 55.5 Å². The lowest BCUT2D eigenvalue weighted by Crippen LogP contribution is -2.20. The molecule has 0 saturated heterocycles. The molecule has 1 heterocycles. The summed E-state index contributed by atoms with van der Waals surface area (Å²) in [6, 6.07) is 17.1. The number of carbonyl (C=O) groups is 1. The van der Waals surface area contributed by atoms with Crippen LogP contribution in [0.4, 0.5) is 0 Å². The summed E-state index contributed by atoms with van der Waals surface area (Å²) in [5.74, 6) is 0.421. The summed E-state index contributed by atoms with van der Waals surface area (Å²) >= 11 is 3.41. The summed E-state index contributed by atoms with van der Waals surface area (Å²) < 4.78 is 7.88. The molecule has 3 aromatic rings. The van der Waals surface area contributed by atoms with E-state index < -0.39 is 0 Å². The quantitative estimate of drug-likeness (QED) is 0.480. The number of hydrogen-bond acceptors (Lipinski definition) is 4. The van der Waals surface area contributed by atoms with Crippen molar-refractivity contribution in [1.29, 1.82) is 0 Å². The molecule has 0 radical (unpaired) electrons. The maximum absolute atomic E-state index is 12.3. The summed E-state index contributed by atoms with van der Waals surface area (Å²) in [6.07, 6.45) is 1.77. The number of halogens is 1. The van der Waals surface area contributed by atoms with Gasteiger partial charge in [-0.2, -0.15) is 10.2 Å². The maximum atomic E-state index is 12.3. The van der Waals surface area contributed by atoms with Gasteiger partial charge in [0.25, 0.3) is 5.91 Å². The number of amides is 1. The number of nitrogens with one attached hydrogen (secondary N) is 1. The van der Waals surface area contributed by atoms with Crippen molar-refractivity contribution in [2.45, 2.75) is 13.5 Å². The second-order valence-electron chi connectivity index (χ2n) is 5.89. The highest BCUT2D eigenvalue weighted by molar-refractivity contribution is 9.10. The molecule has 1 aromatic heterocycles. The number of hydrazone groups is 1. The van der Waals surface area contributed by atoms with Gasteiger partial charge < -0.3 is 4.74 Å². The van der Waals surface area contributed by atoms with Gasteiger partial charge in [-0.3, -0.25) is 9.48 Å². The van der Waals surface area contributed by atoms with Gasteiger partial charge >= 0.3 is 0 Å². The van der Waals surface area contributed by atoms with Crippen LogP contribution >= 0.6 is 15.9 Å². The van der Waals surface area contributed by atoms with Crippen LogP contribution in [-0.2, 0) is 6.54 Å². The van der Waals surface area contributed by atoms with Gasteiger partial charge in [0.15, 0.2) is 5.69 Å². The molecule has 6 nitrogen and oxygen atoms in total. The molecule has 0 aliphatic carbocycles. The lowest BCUT2D eigenvalue weighted by molar-refractivity contribution is 0.0949. The zero-order valence-corrected chi connectivity index (χ0v) is 16.6. The van der Waals surface area contributed by atoms with Gasteiger partial charge in [0, 0.05) is 10.7 Å². The number of hydrogen-bond donors (Lipinski definition) is 1. The first-order valence-electron chi connectivity index (χ1n) is 8.32. The maximum Gasteiger partial charge on any atom is 0.291 e. The van der Waals surface area contributed by atoms with Crippen LogP contribution in [0.15, 0.2) is 70.4 Å². The molecule has 0 spiro atoms. The summed E-state index contributed by atoms with van der Waals surface area (Å²) in [7, 11) is 1.62. The van der Waals surface area contributed by atoms with Gasteiger partial charge in [0.2, 0.25) is 0 Å². The van der Waals surface area contributed by atoms with E-state index in [1.165, 1.54) is 0 Å². The molecule has 0 atom stereocenters. The minimum atomic E-state index is -0.350. The third-order valence-electron chi connectivity index (χ3n) is 3.96. The molecule has 0 saturated carbocycles. The van der Waals surface area contributed by atoms with Crippen LogP contribution in [0.25, 0.3) is 0 Å². The fourth-order valence-electron chi connectivity index (χ4n) is 2.44. The van der Waals surface area contributed by atoms with E-state index in [-0.39, 0.29) is 5.91 Å². The first-order valence-corrected chi connectivity index (χ1v) is 9.11. The Morgan fingerprint density at radius 1 is 1.15 bits per heavy atom. The summed E-state index contributed by atoms with van der Waals surface area (Å²) in [5, 5.41) is 8.46. The van der Waals surface area contributed by atoms with Crippen LogP contribution < -0.4 is 10.2 Å². The molecule has 7 heteroatoms. The van der Waals surface area contributed by atoms with E-state index in [0.717, 1.165) is 21.3 Å². The van der Waals surface area contributed by atoms with E-state index in [1.54, 1.807) is 24.1 Å². The zero-order valence-electron chi connectivity index (χ0n) is 15.0. The standard InChI is InChI=1S/C20H19BrN4O2/c1-14(16-5-9-18(27-2)10-6-16)22-23-20(26)19-11-12-25(24-19)13-15-3-7-17(21)8-4-15/h3-12H,13H2,1-2H3,(H,23,26). The van der Waals surface area contributed by atoms with E-state index >= 15 is 0 Å². The average Bonchev–Trinajstić information content (AvgIpc) is 3.16. The molecule has 0 fully saturated rings. The number of methoxy groups -OCH3 is 1. The van der Waals surface area contributed by atoms with Crippen molar-refractivity contribution in [3.05, 3.63) is 82.1 Å². The highest BCUT2D eigenvalue weighted by Gasteiger charge is 2.09. The van der Waals surface area contributed by atoms with Gasteiger partial charge in [-0.15, -0.1) is 0 Å². The van der Waals surface area contributed by atoms with Crippen molar-refractivity contribution < 1.29 is 9.53 Å². The van der Waals surface area contributed by atoms with Crippen LogP contribution in [0.2, 0.25) is 0 Å². The van der Waals surface area contributed by atoms with Crippen molar-refractivity contribution in [2.75, 3.05) is 7.11 Å². The Kier molecular flexibility index (Phi) is 6.03. The molecular formula is C20H19BrN4O2. The lowest BCUT2D eigenvalue weighted by atomic mass is 10.1. The largest absolute Gasteiger partial charge is 0.497 e. The monoisotopic (exact) mass is 426 g/mol. The predicted molar refractivity (Wildman–Crippen MR) is 108 cm³/mol. The highest BCUT2D eigenvalue weighted by Crippen LogP contribution is 2.13. The Bertz CT molecular complexity index is 947. The fraction of sp³-hybridized carbons (Fsp3) is 0.150. The van der Waals surface area contributed by atoms with Gasteiger partial charge in [-0.1, -0.05) is 28.1 Å². The SMILES string of the molecule is COc1ccc(C(C)=NNC(=O)c2ccn(Cc3ccc(Br)cc3)n2)cc1. The van der Waals surface area contributed by atoms with Crippen molar-refractivity contribution in [2.24, 2.45) is 5.10 Å². The van der Waals surface area contributed by atoms with E-state index in [2.05, 4.69) is 31.6 Å². The van der Waals surface area contributed by atoms with Crippen molar-refractivity contribution in [3.8, 4) is 5.75 Å². The highest BCUT2D eigenvalue weighted by atomic mass is 79.9. The summed E-state index contributed by atoms with van der Waals surface area (Å²) in [4.78, 5) is 12.3. The summed E-state index contributed by atoms with van der Waals surface area (Å²) in [6.45, 7) is 2.42. The van der Waals surface area contributed by atoms with Gasteiger partial charge in [0.1, 0.15) is 5.75 Å². The van der Waals surface area contributed by atoms with Gasteiger partial charge in [-0.25, -0.2) is 5.43 Å². The molecule has 1 amide bonds.